The summed E-state index contributed by atoms with van der Waals surface area (Å²) in [4.78, 5) is 18.7. The maximum absolute atomic E-state index is 11.4. The molecule has 0 saturated carbocycles. The Morgan fingerprint density at radius 3 is 2.89 bits per heavy atom. The molecule has 1 aliphatic rings. The Bertz CT molecular complexity index is 425. The minimum Gasteiger partial charge on any atom is -0.376 e. The van der Waals surface area contributed by atoms with E-state index in [1.165, 1.54) is 24.2 Å². The first-order valence-corrected chi connectivity index (χ1v) is 7.20. The molecule has 2 rings (SSSR count). The predicted molar refractivity (Wildman–Crippen MR) is 73.7 cm³/mol. The fraction of sp³-hybridized carbons (Fsp3) is 0.692. The molecule has 1 saturated heterocycles. The van der Waals surface area contributed by atoms with E-state index in [9.17, 15) is 4.79 Å². The van der Waals surface area contributed by atoms with E-state index in [-0.39, 0.29) is 5.78 Å². The van der Waals surface area contributed by atoms with Crippen LogP contribution in [0.4, 0.5) is 5.13 Å². The van der Waals surface area contributed by atoms with Crippen LogP contribution >= 0.6 is 11.3 Å². The van der Waals surface area contributed by atoms with E-state index in [4.69, 9.17) is 4.74 Å². The number of aromatic nitrogens is 1. The zero-order chi connectivity index (χ0) is 13.1. The zero-order valence-electron chi connectivity index (χ0n) is 11.2. The number of ether oxygens (including phenoxy) is 1. The van der Waals surface area contributed by atoms with Crippen molar-refractivity contribution in [1.29, 1.82) is 0 Å². The van der Waals surface area contributed by atoms with Crippen LogP contribution in [0.5, 0.6) is 0 Å². The van der Waals surface area contributed by atoms with Gasteiger partial charge in [-0.2, -0.15) is 0 Å². The van der Waals surface area contributed by atoms with Crippen LogP contribution in [0.1, 0.15) is 41.6 Å². The summed E-state index contributed by atoms with van der Waals surface area (Å²) in [6.45, 7) is 5.20. The third-order valence-corrected chi connectivity index (χ3v) is 4.56. The molecule has 1 unspecified atom stereocenters. The van der Waals surface area contributed by atoms with E-state index >= 15 is 0 Å². The van der Waals surface area contributed by atoms with Gasteiger partial charge in [-0.15, -0.1) is 0 Å². The highest BCUT2D eigenvalue weighted by Crippen LogP contribution is 2.26. The van der Waals surface area contributed by atoms with E-state index in [0.717, 1.165) is 35.3 Å². The maximum Gasteiger partial charge on any atom is 0.186 e. The van der Waals surface area contributed by atoms with Crippen LogP contribution in [0.15, 0.2) is 0 Å². The number of anilines is 1. The summed E-state index contributed by atoms with van der Waals surface area (Å²) < 4.78 is 5.72. The number of thiazole rings is 1. The van der Waals surface area contributed by atoms with Gasteiger partial charge in [-0.1, -0.05) is 11.3 Å². The van der Waals surface area contributed by atoms with Crippen molar-refractivity contribution in [2.45, 2.75) is 39.2 Å². The Labute approximate surface area is 112 Å². The quantitative estimate of drug-likeness (QED) is 0.787. The maximum atomic E-state index is 11.4. The minimum absolute atomic E-state index is 0.0959. The highest BCUT2D eigenvalue weighted by atomic mass is 32.1. The Morgan fingerprint density at radius 2 is 2.33 bits per heavy atom. The number of aryl methyl sites for hydroxylation is 1. The first-order valence-electron chi connectivity index (χ1n) is 6.39. The molecule has 0 amide bonds. The van der Waals surface area contributed by atoms with Crippen LogP contribution in [0, 0.1) is 6.92 Å². The second kappa shape index (κ2) is 5.80. The lowest BCUT2D eigenvalue weighted by atomic mass is 10.1. The molecule has 1 atom stereocenters. The van der Waals surface area contributed by atoms with Gasteiger partial charge in [0.1, 0.15) is 0 Å². The van der Waals surface area contributed by atoms with Gasteiger partial charge in [0.05, 0.1) is 16.7 Å². The van der Waals surface area contributed by atoms with Crippen molar-refractivity contribution in [2.75, 3.05) is 25.1 Å². The second-order valence-electron chi connectivity index (χ2n) is 4.84. The van der Waals surface area contributed by atoms with Crippen molar-refractivity contribution in [3.63, 3.8) is 0 Å². The summed E-state index contributed by atoms with van der Waals surface area (Å²) in [6, 6.07) is 0. The van der Waals surface area contributed by atoms with Gasteiger partial charge in [0.2, 0.25) is 0 Å². The number of hydrogen-bond donors (Lipinski definition) is 0. The summed E-state index contributed by atoms with van der Waals surface area (Å²) in [5.74, 6) is 0.0959. The molecule has 1 aliphatic heterocycles. The molecule has 0 aliphatic carbocycles. The predicted octanol–water partition coefficient (Wildman–Crippen LogP) is 2.66. The fourth-order valence-electron chi connectivity index (χ4n) is 2.21. The molecule has 18 heavy (non-hydrogen) atoms. The number of nitrogens with zero attached hydrogens (tertiary/aromatic N) is 2. The Balaban J connectivity index is 2.01. The Kier molecular flexibility index (Phi) is 4.35. The van der Waals surface area contributed by atoms with E-state index in [1.54, 1.807) is 6.92 Å². The summed E-state index contributed by atoms with van der Waals surface area (Å²) >= 11 is 1.47. The smallest absolute Gasteiger partial charge is 0.186 e. The lowest BCUT2D eigenvalue weighted by molar-refractivity contribution is 0.0216. The molecule has 0 spiro atoms. The van der Waals surface area contributed by atoms with Crippen LogP contribution in [0.3, 0.4) is 0 Å². The monoisotopic (exact) mass is 268 g/mol. The number of rotatable bonds is 4. The standard InChI is InChI=1S/C13H20N2O2S/c1-9-12(10(2)16)18-13(14-9)15(3)8-11-6-4-5-7-17-11/h11H,4-8H2,1-3H3. The van der Waals surface area contributed by atoms with Gasteiger partial charge >= 0.3 is 0 Å². The number of likely N-dealkylation sites (N-methyl/N-ethyl adjacent to an activating group) is 1. The molecule has 100 valence electrons. The molecule has 4 nitrogen and oxygen atoms in total. The summed E-state index contributed by atoms with van der Waals surface area (Å²) in [5, 5.41) is 0.909. The third-order valence-electron chi connectivity index (χ3n) is 3.18. The fourth-order valence-corrected chi connectivity index (χ4v) is 3.14. The van der Waals surface area contributed by atoms with Gasteiger partial charge in [0.25, 0.3) is 0 Å². The summed E-state index contributed by atoms with van der Waals surface area (Å²) in [5.41, 5.74) is 0.832. The first-order chi connectivity index (χ1) is 8.58. The number of hydrogen-bond acceptors (Lipinski definition) is 5. The molecule has 0 N–H and O–H groups in total. The minimum atomic E-state index is 0.0959. The number of carbonyl (C=O) groups excluding carboxylic acids is 1. The van der Waals surface area contributed by atoms with Gasteiger partial charge in [-0.05, 0) is 26.2 Å². The van der Waals surface area contributed by atoms with Gasteiger partial charge in [-0.3, -0.25) is 4.79 Å². The first kappa shape index (κ1) is 13.5. The van der Waals surface area contributed by atoms with Crippen molar-refractivity contribution >= 4 is 22.3 Å². The topological polar surface area (TPSA) is 42.4 Å². The molecule has 1 aromatic heterocycles. The zero-order valence-corrected chi connectivity index (χ0v) is 12.0. The van der Waals surface area contributed by atoms with Gasteiger partial charge in [0, 0.05) is 27.1 Å². The Morgan fingerprint density at radius 1 is 1.56 bits per heavy atom. The highest BCUT2D eigenvalue weighted by molar-refractivity contribution is 7.17. The van der Waals surface area contributed by atoms with E-state index < -0.39 is 0 Å². The van der Waals surface area contributed by atoms with Crippen molar-refractivity contribution < 1.29 is 9.53 Å². The van der Waals surface area contributed by atoms with E-state index in [0.29, 0.717) is 6.10 Å². The molecule has 5 heteroatoms. The lowest BCUT2D eigenvalue weighted by Gasteiger charge is -2.27. The molecule has 2 heterocycles. The van der Waals surface area contributed by atoms with Crippen molar-refractivity contribution in [3.05, 3.63) is 10.6 Å². The molecule has 0 aromatic carbocycles. The Hall–Kier alpha value is -0.940. The summed E-state index contributed by atoms with van der Waals surface area (Å²) in [7, 11) is 2.01. The van der Waals surface area contributed by atoms with Crippen LogP contribution in [0.25, 0.3) is 0 Å². The van der Waals surface area contributed by atoms with Crippen LogP contribution in [0.2, 0.25) is 0 Å². The lowest BCUT2D eigenvalue weighted by Crippen LogP contribution is -2.33. The number of Topliss-reactive ketones (excluding diaryl/α,β-unsaturated/α-hetero) is 1. The molecular formula is C13H20N2O2S. The third kappa shape index (κ3) is 3.09. The normalized spacial score (nSPS) is 19.8. The SMILES string of the molecule is CC(=O)c1sc(N(C)CC2CCCCO2)nc1C. The van der Waals surface area contributed by atoms with Crippen molar-refractivity contribution in [2.24, 2.45) is 0 Å². The largest absolute Gasteiger partial charge is 0.376 e. The van der Waals surface area contributed by atoms with Crippen LogP contribution in [-0.2, 0) is 4.74 Å². The molecule has 0 bridgehead atoms. The van der Waals surface area contributed by atoms with Gasteiger partial charge in [0.15, 0.2) is 10.9 Å². The van der Waals surface area contributed by atoms with E-state index in [1.807, 2.05) is 14.0 Å². The summed E-state index contributed by atoms with van der Waals surface area (Å²) in [6.07, 6.45) is 3.83. The molecular weight excluding hydrogens is 248 g/mol. The highest BCUT2D eigenvalue weighted by Gasteiger charge is 2.19. The average Bonchev–Trinajstić information content (AvgIpc) is 2.73. The van der Waals surface area contributed by atoms with Crippen LogP contribution < -0.4 is 4.90 Å². The molecule has 1 fully saturated rings. The number of ketones is 1. The average molecular weight is 268 g/mol. The van der Waals surface area contributed by atoms with Gasteiger partial charge < -0.3 is 9.64 Å². The van der Waals surface area contributed by atoms with Gasteiger partial charge in [-0.25, -0.2) is 4.98 Å². The second-order valence-corrected chi connectivity index (χ2v) is 5.81. The molecule has 1 aromatic rings. The van der Waals surface area contributed by atoms with Crippen molar-refractivity contribution in [3.8, 4) is 0 Å². The number of carbonyl (C=O) groups is 1. The van der Waals surface area contributed by atoms with E-state index in [2.05, 4.69) is 9.88 Å². The van der Waals surface area contributed by atoms with Crippen LogP contribution in [-0.4, -0.2) is 37.1 Å². The van der Waals surface area contributed by atoms with Crippen molar-refractivity contribution in [1.82, 2.24) is 4.98 Å². The molecule has 0 radical (unpaired) electrons.